The van der Waals surface area contributed by atoms with Crippen molar-refractivity contribution in [3.63, 3.8) is 0 Å². The van der Waals surface area contributed by atoms with Crippen LogP contribution in [0.15, 0.2) is 23.1 Å². The summed E-state index contributed by atoms with van der Waals surface area (Å²) >= 11 is 0.842. The fraction of sp³-hybridized carbons (Fsp3) is 0.385. The normalized spacial score (nSPS) is 15.3. The van der Waals surface area contributed by atoms with E-state index in [1.165, 1.54) is 30.2 Å². The molecular formula is C13H14N4O4S. The number of pyridine rings is 1. The Bertz CT molecular complexity index is 804. The first kappa shape index (κ1) is 14.5. The highest BCUT2D eigenvalue weighted by Crippen LogP contribution is 2.13. The third-order valence-corrected chi connectivity index (χ3v) is 4.75. The molecular weight excluding hydrogens is 308 g/mol. The summed E-state index contributed by atoms with van der Waals surface area (Å²) in [5, 5.41) is 11.9. The summed E-state index contributed by atoms with van der Waals surface area (Å²) in [5.41, 5.74) is -0.482. The van der Waals surface area contributed by atoms with Crippen molar-refractivity contribution in [3.05, 3.63) is 33.9 Å². The molecule has 8 nitrogen and oxygen atoms in total. The van der Waals surface area contributed by atoms with Crippen molar-refractivity contribution in [3.8, 4) is 0 Å². The molecule has 3 heterocycles. The molecule has 2 aromatic heterocycles. The summed E-state index contributed by atoms with van der Waals surface area (Å²) in [6, 6.07) is 2.55. The monoisotopic (exact) mass is 322 g/mol. The average molecular weight is 322 g/mol. The third-order valence-electron chi connectivity index (χ3n) is 3.68. The molecule has 0 unspecified atom stereocenters. The number of nitrogens with zero attached hydrogens (tertiary/aromatic N) is 4. The quantitative estimate of drug-likeness (QED) is 0.497. The van der Waals surface area contributed by atoms with Crippen LogP contribution in [0.5, 0.6) is 0 Å². The van der Waals surface area contributed by atoms with E-state index in [9.17, 15) is 19.6 Å². The van der Waals surface area contributed by atoms with Crippen LogP contribution in [0.25, 0.3) is 10.2 Å². The molecule has 0 aliphatic carbocycles. The first-order valence-electron chi connectivity index (χ1n) is 6.78. The highest BCUT2D eigenvalue weighted by molar-refractivity contribution is 7.13. The van der Waals surface area contributed by atoms with Gasteiger partial charge in [-0.1, -0.05) is 0 Å². The molecule has 1 fully saturated rings. The van der Waals surface area contributed by atoms with E-state index in [-0.39, 0.29) is 16.1 Å². The van der Waals surface area contributed by atoms with E-state index in [2.05, 4.69) is 0 Å². The largest absolute Gasteiger partial charge is 0.618 e. The number of amides is 2. The molecule has 0 radical (unpaired) electrons. The van der Waals surface area contributed by atoms with Gasteiger partial charge in [0.1, 0.15) is 5.39 Å². The summed E-state index contributed by atoms with van der Waals surface area (Å²) < 4.78 is 1.58. The Kier molecular flexibility index (Phi) is 3.57. The van der Waals surface area contributed by atoms with Gasteiger partial charge >= 0.3 is 10.9 Å². The van der Waals surface area contributed by atoms with E-state index in [0.29, 0.717) is 30.9 Å². The molecule has 0 N–H and O–H groups in total. The van der Waals surface area contributed by atoms with Crippen LogP contribution in [0.4, 0.5) is 4.79 Å². The molecule has 2 amide bonds. The van der Waals surface area contributed by atoms with Gasteiger partial charge in [0.05, 0.1) is 0 Å². The second-order valence-electron chi connectivity index (χ2n) is 5.02. The van der Waals surface area contributed by atoms with E-state index < -0.39 is 11.6 Å². The zero-order valence-electron chi connectivity index (χ0n) is 11.9. The van der Waals surface area contributed by atoms with Gasteiger partial charge in [-0.25, -0.2) is 4.79 Å². The van der Waals surface area contributed by atoms with Crippen molar-refractivity contribution >= 4 is 33.7 Å². The smallest absolute Gasteiger partial charge is 0.341 e. The van der Waals surface area contributed by atoms with Crippen LogP contribution in [0.3, 0.4) is 0 Å². The molecule has 2 aromatic rings. The lowest BCUT2D eigenvalue weighted by molar-refractivity contribution is -0.574. The van der Waals surface area contributed by atoms with Crippen LogP contribution in [0, 0.1) is 5.21 Å². The van der Waals surface area contributed by atoms with Crippen LogP contribution < -0.4 is 10.3 Å². The van der Waals surface area contributed by atoms with Crippen LogP contribution in [0.1, 0.15) is 6.92 Å². The Morgan fingerprint density at radius 3 is 2.45 bits per heavy atom. The van der Waals surface area contributed by atoms with Crippen molar-refractivity contribution in [2.75, 3.05) is 26.2 Å². The van der Waals surface area contributed by atoms with E-state index in [0.717, 1.165) is 15.5 Å². The number of fused-ring (bicyclic) bond motifs is 1. The SMILES string of the molecule is CC(=O)N1CCN(C(=O)n2sc3c(ccc[n+]3[O-])c2=O)CC1. The van der Waals surface area contributed by atoms with E-state index in [4.69, 9.17) is 0 Å². The van der Waals surface area contributed by atoms with Crippen LogP contribution in [-0.2, 0) is 4.79 Å². The molecule has 3 rings (SSSR count). The zero-order valence-corrected chi connectivity index (χ0v) is 12.7. The molecule has 9 heteroatoms. The number of carbonyl (C=O) groups excluding carboxylic acids is 2. The highest BCUT2D eigenvalue weighted by Gasteiger charge is 2.27. The zero-order chi connectivity index (χ0) is 15.9. The summed E-state index contributed by atoms with van der Waals surface area (Å²) in [6.45, 7) is 3.12. The number of carbonyl (C=O) groups is 2. The van der Waals surface area contributed by atoms with Crippen LogP contribution >= 0.6 is 11.5 Å². The first-order valence-corrected chi connectivity index (χ1v) is 7.55. The number of hydrogen-bond acceptors (Lipinski definition) is 5. The van der Waals surface area contributed by atoms with Crippen molar-refractivity contribution in [2.24, 2.45) is 0 Å². The number of aromatic nitrogens is 2. The lowest BCUT2D eigenvalue weighted by atomic mass is 10.3. The predicted molar refractivity (Wildman–Crippen MR) is 79.7 cm³/mol. The molecule has 0 bridgehead atoms. The summed E-state index contributed by atoms with van der Waals surface area (Å²) in [6.07, 6.45) is 1.29. The first-order chi connectivity index (χ1) is 10.5. The van der Waals surface area contributed by atoms with Gasteiger partial charge in [-0.05, 0) is 6.07 Å². The van der Waals surface area contributed by atoms with Gasteiger partial charge < -0.3 is 15.0 Å². The van der Waals surface area contributed by atoms with Crippen molar-refractivity contribution in [1.29, 1.82) is 0 Å². The standard InChI is InChI=1S/C13H14N4O4S/c1-9(18)14-5-7-15(8-6-14)13(20)17-11(19)10-3-2-4-16(21)12(10)22-17/h2-4H,5-8H2,1H3. The fourth-order valence-electron chi connectivity index (χ4n) is 2.43. The summed E-state index contributed by atoms with van der Waals surface area (Å²) in [5.74, 6) is -0.0291. The summed E-state index contributed by atoms with van der Waals surface area (Å²) in [7, 11) is 0. The summed E-state index contributed by atoms with van der Waals surface area (Å²) in [4.78, 5) is 39.4. The molecule has 0 spiro atoms. The second kappa shape index (κ2) is 5.41. The van der Waals surface area contributed by atoms with Gasteiger partial charge in [-0.3, -0.25) is 9.59 Å². The number of rotatable bonds is 0. The van der Waals surface area contributed by atoms with E-state index in [1.807, 2.05) is 0 Å². The van der Waals surface area contributed by atoms with Gasteiger partial charge in [0.15, 0.2) is 6.20 Å². The fourth-order valence-corrected chi connectivity index (χ4v) is 3.37. The Morgan fingerprint density at radius 1 is 1.23 bits per heavy atom. The molecule has 1 saturated heterocycles. The minimum atomic E-state index is -0.482. The molecule has 0 aromatic carbocycles. The van der Waals surface area contributed by atoms with Crippen molar-refractivity contribution in [1.82, 2.24) is 13.8 Å². The van der Waals surface area contributed by atoms with Crippen LogP contribution in [-0.4, -0.2) is 51.9 Å². The van der Waals surface area contributed by atoms with Gasteiger partial charge in [-0.2, -0.15) is 8.69 Å². The van der Waals surface area contributed by atoms with Crippen molar-refractivity contribution < 1.29 is 14.3 Å². The van der Waals surface area contributed by atoms with Crippen LogP contribution in [0.2, 0.25) is 0 Å². The Morgan fingerprint density at radius 2 is 1.86 bits per heavy atom. The maximum Gasteiger partial charge on any atom is 0.341 e. The van der Waals surface area contributed by atoms with Gasteiger partial charge in [0.25, 0.3) is 5.56 Å². The Hall–Kier alpha value is -2.42. The van der Waals surface area contributed by atoms with Crippen molar-refractivity contribution in [2.45, 2.75) is 6.92 Å². The number of hydrogen-bond donors (Lipinski definition) is 0. The molecule has 0 saturated carbocycles. The van der Waals surface area contributed by atoms with E-state index in [1.54, 1.807) is 4.90 Å². The minimum Gasteiger partial charge on any atom is -0.618 e. The van der Waals surface area contributed by atoms with Gasteiger partial charge in [0, 0.05) is 50.7 Å². The maximum atomic E-state index is 12.5. The van der Waals surface area contributed by atoms with Gasteiger partial charge in [0.2, 0.25) is 5.91 Å². The Balaban J connectivity index is 1.88. The lowest BCUT2D eigenvalue weighted by Crippen LogP contribution is -2.51. The molecule has 0 atom stereocenters. The molecule has 22 heavy (non-hydrogen) atoms. The van der Waals surface area contributed by atoms with Gasteiger partial charge in [-0.15, -0.1) is 0 Å². The minimum absolute atomic E-state index is 0.0291. The topological polar surface area (TPSA) is 89.6 Å². The molecule has 116 valence electrons. The average Bonchev–Trinajstić information content (AvgIpc) is 2.85. The maximum absolute atomic E-state index is 12.5. The molecule has 1 aliphatic rings. The lowest BCUT2D eigenvalue weighted by Gasteiger charge is -2.33. The Labute approximate surface area is 129 Å². The number of piperazine rings is 1. The highest BCUT2D eigenvalue weighted by atomic mass is 32.1. The third kappa shape index (κ3) is 2.33. The predicted octanol–water partition coefficient (Wildman–Crippen LogP) is -0.171. The second-order valence-corrected chi connectivity index (χ2v) is 5.95. The van der Waals surface area contributed by atoms with E-state index >= 15 is 0 Å². The molecule has 1 aliphatic heterocycles.